The molecule has 3 aromatic rings. The van der Waals surface area contributed by atoms with Crippen molar-refractivity contribution in [1.29, 1.82) is 0 Å². The van der Waals surface area contributed by atoms with Gasteiger partial charge in [0.15, 0.2) is 5.76 Å². The van der Waals surface area contributed by atoms with Crippen LogP contribution in [0.15, 0.2) is 56.6 Å². The molecule has 0 saturated carbocycles. The minimum absolute atomic E-state index is 0.0706. The zero-order valence-electron chi connectivity index (χ0n) is 12.5. The van der Waals surface area contributed by atoms with Gasteiger partial charge in [-0.25, -0.2) is 4.79 Å². The molecule has 0 saturated heterocycles. The first-order valence-electron chi connectivity index (χ1n) is 6.88. The zero-order valence-corrected chi connectivity index (χ0v) is 13.3. The van der Waals surface area contributed by atoms with Crippen LogP contribution in [0.1, 0.15) is 5.56 Å². The number of thioether (sulfide) groups is 1. The molecule has 0 unspecified atom stereocenters. The number of rotatable bonds is 3. The Bertz CT molecular complexity index is 978. The maximum absolute atomic E-state index is 12.2. The highest BCUT2D eigenvalue weighted by Crippen LogP contribution is 2.39. The first-order chi connectivity index (χ1) is 11.0. The number of nitrogens with zero attached hydrogens (tertiary/aromatic N) is 1. The molecule has 0 atom stereocenters. The molecule has 116 valence electrons. The van der Waals surface area contributed by atoms with Crippen LogP contribution in [-0.4, -0.2) is 11.2 Å². The van der Waals surface area contributed by atoms with Gasteiger partial charge in [-0.15, -0.1) is 11.8 Å². The Morgan fingerprint density at radius 2 is 1.83 bits per heavy atom. The molecule has 0 radical (unpaired) electrons. The number of hydrogen-bond acceptors (Lipinski definition) is 5. The van der Waals surface area contributed by atoms with Gasteiger partial charge in [-0.1, -0.05) is 24.3 Å². The first-order valence-corrected chi connectivity index (χ1v) is 8.10. The number of fused-ring (bicyclic) bond motifs is 1. The minimum atomic E-state index is -0.497. The summed E-state index contributed by atoms with van der Waals surface area (Å²) in [5.74, 6) is 0.243. The van der Waals surface area contributed by atoms with Gasteiger partial charge >= 0.3 is 5.63 Å². The molecular formula is C17H13NO4S. The molecule has 23 heavy (non-hydrogen) atoms. The van der Waals surface area contributed by atoms with Crippen molar-refractivity contribution < 1.29 is 9.34 Å². The molecule has 0 aliphatic rings. The number of aryl methyl sites for hydroxylation is 1. The Morgan fingerprint density at radius 1 is 1.13 bits per heavy atom. The van der Waals surface area contributed by atoms with Gasteiger partial charge < -0.3 is 4.42 Å². The van der Waals surface area contributed by atoms with E-state index in [9.17, 15) is 14.9 Å². The molecule has 0 fully saturated rings. The number of hydrogen-bond donors (Lipinski definition) is 0. The Balaban J connectivity index is 2.42. The lowest BCUT2D eigenvalue weighted by atomic mass is 10.1. The maximum atomic E-state index is 12.2. The van der Waals surface area contributed by atoms with Gasteiger partial charge in [0.1, 0.15) is 0 Å². The van der Waals surface area contributed by atoms with Crippen molar-refractivity contribution in [2.24, 2.45) is 0 Å². The maximum Gasteiger partial charge on any atom is 0.344 e. The molecule has 0 aliphatic carbocycles. The van der Waals surface area contributed by atoms with E-state index < -0.39 is 10.5 Å². The average Bonchev–Trinajstić information content (AvgIpc) is 2.55. The van der Waals surface area contributed by atoms with Gasteiger partial charge in [-0.3, -0.25) is 10.1 Å². The van der Waals surface area contributed by atoms with Crippen LogP contribution in [0.3, 0.4) is 0 Å². The molecule has 0 spiro atoms. The molecule has 0 N–H and O–H groups in total. The largest absolute Gasteiger partial charge is 0.421 e. The third-order valence-corrected chi connectivity index (χ3v) is 4.40. The fraction of sp³-hybridized carbons (Fsp3) is 0.118. The van der Waals surface area contributed by atoms with Crippen molar-refractivity contribution in [2.45, 2.75) is 11.8 Å². The summed E-state index contributed by atoms with van der Waals surface area (Å²) >= 11 is 1.40. The molecule has 5 nitrogen and oxygen atoms in total. The molecule has 3 rings (SSSR count). The highest BCUT2D eigenvalue weighted by molar-refractivity contribution is 7.99. The van der Waals surface area contributed by atoms with E-state index in [4.69, 9.17) is 4.42 Å². The van der Waals surface area contributed by atoms with E-state index in [0.29, 0.717) is 15.8 Å². The Labute approximate surface area is 136 Å². The van der Waals surface area contributed by atoms with E-state index >= 15 is 0 Å². The van der Waals surface area contributed by atoms with E-state index in [1.54, 1.807) is 31.2 Å². The van der Waals surface area contributed by atoms with Gasteiger partial charge in [-0.05, 0) is 30.9 Å². The molecule has 1 heterocycles. The SMILES string of the molecule is CSc1c(-c2ccc(C)cc2[N+](=O)[O-])oc(=O)c2ccccc12. The van der Waals surface area contributed by atoms with Crippen LogP contribution in [0.25, 0.3) is 22.1 Å². The van der Waals surface area contributed by atoms with Crippen molar-refractivity contribution in [1.82, 2.24) is 0 Å². The van der Waals surface area contributed by atoms with Crippen LogP contribution in [0.5, 0.6) is 0 Å². The quantitative estimate of drug-likeness (QED) is 0.405. The molecule has 0 bridgehead atoms. The highest BCUT2D eigenvalue weighted by Gasteiger charge is 2.22. The fourth-order valence-corrected chi connectivity index (χ4v) is 3.28. The highest BCUT2D eigenvalue weighted by atomic mass is 32.2. The van der Waals surface area contributed by atoms with Crippen molar-refractivity contribution in [3.05, 3.63) is 68.6 Å². The predicted molar refractivity (Wildman–Crippen MR) is 91.1 cm³/mol. The van der Waals surface area contributed by atoms with Crippen LogP contribution in [0.4, 0.5) is 5.69 Å². The summed E-state index contributed by atoms with van der Waals surface area (Å²) in [5, 5.41) is 12.6. The Morgan fingerprint density at radius 3 is 2.48 bits per heavy atom. The van der Waals surface area contributed by atoms with Gasteiger partial charge in [-0.2, -0.15) is 0 Å². The number of nitro groups is 1. The second-order valence-corrected chi connectivity index (χ2v) is 5.89. The van der Waals surface area contributed by atoms with E-state index in [1.807, 2.05) is 18.4 Å². The zero-order chi connectivity index (χ0) is 16.6. The fourth-order valence-electron chi connectivity index (χ4n) is 2.54. The molecule has 2 aromatic carbocycles. The lowest BCUT2D eigenvalue weighted by Gasteiger charge is -2.10. The molecular weight excluding hydrogens is 314 g/mol. The van der Waals surface area contributed by atoms with E-state index in [0.717, 1.165) is 10.9 Å². The smallest absolute Gasteiger partial charge is 0.344 e. The third kappa shape index (κ3) is 2.61. The van der Waals surface area contributed by atoms with Gasteiger partial charge in [0, 0.05) is 11.5 Å². The lowest BCUT2D eigenvalue weighted by Crippen LogP contribution is -2.03. The summed E-state index contributed by atoms with van der Waals surface area (Å²) in [6.07, 6.45) is 1.85. The van der Waals surface area contributed by atoms with Crippen LogP contribution < -0.4 is 5.63 Å². The molecule has 0 amide bonds. The van der Waals surface area contributed by atoms with Crippen LogP contribution >= 0.6 is 11.8 Å². The van der Waals surface area contributed by atoms with Gasteiger partial charge in [0.2, 0.25) is 0 Å². The minimum Gasteiger partial charge on any atom is -0.421 e. The topological polar surface area (TPSA) is 73.3 Å². The number of nitro benzene ring substituents is 1. The first kappa shape index (κ1) is 15.3. The van der Waals surface area contributed by atoms with Crippen molar-refractivity contribution in [2.75, 3.05) is 6.26 Å². The van der Waals surface area contributed by atoms with Crippen LogP contribution in [0.2, 0.25) is 0 Å². The molecule has 6 heteroatoms. The van der Waals surface area contributed by atoms with E-state index in [1.165, 1.54) is 17.8 Å². The predicted octanol–water partition coefficient (Wildman–Crippen LogP) is 4.40. The van der Waals surface area contributed by atoms with Crippen molar-refractivity contribution in [3.63, 3.8) is 0 Å². The summed E-state index contributed by atoms with van der Waals surface area (Å²) in [5.41, 5.74) is 0.518. The van der Waals surface area contributed by atoms with Crippen molar-refractivity contribution >= 4 is 28.2 Å². The monoisotopic (exact) mass is 327 g/mol. The molecule has 0 aliphatic heterocycles. The Kier molecular flexibility index (Phi) is 3.92. The second-order valence-electron chi connectivity index (χ2n) is 5.08. The number of benzene rings is 2. The second kappa shape index (κ2) is 5.89. The van der Waals surface area contributed by atoms with E-state index in [2.05, 4.69) is 0 Å². The standard InChI is InChI=1S/C17H13NO4S/c1-10-7-8-13(14(9-10)18(20)21)15-16(23-2)11-5-3-4-6-12(11)17(19)22-15/h3-9H,1-2H3. The lowest BCUT2D eigenvalue weighted by molar-refractivity contribution is -0.384. The molecule has 1 aromatic heterocycles. The average molecular weight is 327 g/mol. The van der Waals surface area contributed by atoms with Crippen molar-refractivity contribution in [3.8, 4) is 11.3 Å². The summed E-state index contributed by atoms with van der Waals surface area (Å²) in [6.45, 7) is 1.78. The van der Waals surface area contributed by atoms with Gasteiger partial charge in [0.05, 0.1) is 20.8 Å². The normalized spacial score (nSPS) is 10.9. The summed E-state index contributed by atoms with van der Waals surface area (Å²) in [7, 11) is 0. The van der Waals surface area contributed by atoms with Gasteiger partial charge in [0.25, 0.3) is 5.69 Å². The summed E-state index contributed by atoms with van der Waals surface area (Å²) in [6, 6.07) is 12.0. The summed E-state index contributed by atoms with van der Waals surface area (Å²) < 4.78 is 5.45. The summed E-state index contributed by atoms with van der Waals surface area (Å²) in [4.78, 5) is 23.9. The third-order valence-electron chi connectivity index (χ3n) is 3.59. The van der Waals surface area contributed by atoms with E-state index in [-0.39, 0.29) is 11.4 Å². The van der Waals surface area contributed by atoms with Crippen LogP contribution in [-0.2, 0) is 0 Å². The van der Waals surface area contributed by atoms with Crippen LogP contribution in [0, 0.1) is 17.0 Å². The Hall–Kier alpha value is -2.60.